The molecule has 1 amide bonds. The number of para-hydroxylation sites is 2. The molecule has 0 fully saturated rings. The smallest absolute Gasteiger partial charge is 0.321 e. The maximum atomic E-state index is 14.1. The summed E-state index contributed by atoms with van der Waals surface area (Å²) in [6.07, 6.45) is 0.575. The van der Waals surface area contributed by atoms with E-state index in [1.54, 1.807) is 26.2 Å². The number of methoxy groups -OCH3 is 1. The lowest BCUT2D eigenvalue weighted by molar-refractivity contribution is -0.153. The van der Waals surface area contributed by atoms with E-state index in [1.807, 2.05) is 28.8 Å². The van der Waals surface area contributed by atoms with Crippen LogP contribution in [-0.2, 0) is 19.1 Å². The van der Waals surface area contributed by atoms with Gasteiger partial charge in [0.15, 0.2) is 5.92 Å². The number of nitrogens with zero attached hydrogens (tertiary/aromatic N) is 3. The summed E-state index contributed by atoms with van der Waals surface area (Å²) in [5, 5.41) is 0. The van der Waals surface area contributed by atoms with Crippen molar-refractivity contribution in [1.82, 2.24) is 9.55 Å². The van der Waals surface area contributed by atoms with Gasteiger partial charge in [0.1, 0.15) is 5.82 Å². The number of esters is 1. The maximum Gasteiger partial charge on any atom is 0.321 e. The van der Waals surface area contributed by atoms with Gasteiger partial charge in [-0.05, 0) is 43.2 Å². The number of ether oxygens (including phenoxy) is 2. The molecule has 1 aliphatic heterocycles. The van der Waals surface area contributed by atoms with Crippen LogP contribution in [-0.4, -0.2) is 48.3 Å². The molecule has 0 N–H and O–H groups in total. The number of amides is 1. The summed E-state index contributed by atoms with van der Waals surface area (Å²) in [5.74, 6) is -2.22. The van der Waals surface area contributed by atoms with Crippen molar-refractivity contribution in [3.63, 3.8) is 0 Å². The van der Waals surface area contributed by atoms with Gasteiger partial charge in [0.25, 0.3) is 0 Å². The van der Waals surface area contributed by atoms with Gasteiger partial charge in [0, 0.05) is 20.3 Å². The first kappa shape index (κ1) is 21.0. The van der Waals surface area contributed by atoms with E-state index in [0.717, 1.165) is 5.52 Å². The van der Waals surface area contributed by atoms with Crippen molar-refractivity contribution in [2.45, 2.75) is 19.4 Å². The largest absolute Gasteiger partial charge is 0.465 e. The third kappa shape index (κ3) is 3.79. The number of aromatic nitrogens is 2. The fourth-order valence-corrected chi connectivity index (χ4v) is 4.12. The molecule has 3 aromatic rings. The number of hydrogen-bond donors (Lipinski definition) is 0. The van der Waals surface area contributed by atoms with Crippen LogP contribution in [0.15, 0.2) is 48.5 Å². The molecule has 0 bridgehead atoms. The summed E-state index contributed by atoms with van der Waals surface area (Å²) in [6, 6.07) is 12.6. The van der Waals surface area contributed by atoms with Gasteiger partial charge in [0.2, 0.25) is 11.9 Å². The quantitative estimate of drug-likeness (QED) is 0.330. The first-order chi connectivity index (χ1) is 15.1. The molecule has 31 heavy (non-hydrogen) atoms. The van der Waals surface area contributed by atoms with Crippen molar-refractivity contribution >= 4 is 28.9 Å². The molecule has 4 rings (SSSR count). The summed E-state index contributed by atoms with van der Waals surface area (Å²) in [6.45, 7) is 2.62. The van der Waals surface area contributed by atoms with Gasteiger partial charge in [-0.3, -0.25) is 14.5 Å². The monoisotopic (exact) mass is 425 g/mol. The third-order valence-corrected chi connectivity index (χ3v) is 5.41. The number of carbonyl (C=O) groups excluding carboxylic acids is 2. The molecule has 2 heterocycles. The fourth-order valence-electron chi connectivity index (χ4n) is 4.12. The van der Waals surface area contributed by atoms with E-state index in [0.29, 0.717) is 36.6 Å². The number of fused-ring (bicyclic) bond motifs is 3. The van der Waals surface area contributed by atoms with Crippen LogP contribution in [0.4, 0.5) is 10.3 Å². The van der Waals surface area contributed by atoms with E-state index >= 15 is 0 Å². The minimum atomic E-state index is -1.16. The Morgan fingerprint density at radius 3 is 2.74 bits per heavy atom. The molecule has 0 spiro atoms. The predicted molar refractivity (Wildman–Crippen MR) is 113 cm³/mol. The van der Waals surface area contributed by atoms with Gasteiger partial charge >= 0.3 is 5.97 Å². The molecule has 7 nitrogen and oxygen atoms in total. The van der Waals surface area contributed by atoms with Gasteiger partial charge in [0.05, 0.1) is 23.7 Å². The molecule has 0 saturated heterocycles. The molecule has 162 valence electrons. The molecule has 1 aliphatic rings. The average Bonchev–Trinajstić information content (AvgIpc) is 3.14. The van der Waals surface area contributed by atoms with Crippen LogP contribution < -0.4 is 4.90 Å². The molecule has 0 aliphatic carbocycles. The van der Waals surface area contributed by atoms with Gasteiger partial charge in [-0.25, -0.2) is 9.37 Å². The van der Waals surface area contributed by atoms with Crippen molar-refractivity contribution < 1.29 is 23.5 Å². The standard InChI is InChI=1S/C23H24FN3O4/c1-3-31-22(29)19-20(15-8-6-9-16(24)14-15)27-18-11-5-4-10-17(18)25-23(27)26(21(19)28)12-7-13-30-2/h4-6,8-11,14,19-20H,3,7,12-13H2,1-2H3. The molecule has 2 atom stereocenters. The zero-order chi connectivity index (χ0) is 22.0. The zero-order valence-corrected chi connectivity index (χ0v) is 17.5. The van der Waals surface area contributed by atoms with Crippen molar-refractivity contribution in [3.8, 4) is 0 Å². The minimum absolute atomic E-state index is 0.139. The lowest BCUT2D eigenvalue weighted by Crippen LogP contribution is -2.50. The van der Waals surface area contributed by atoms with Crippen molar-refractivity contribution in [3.05, 3.63) is 59.9 Å². The van der Waals surface area contributed by atoms with E-state index in [1.165, 1.54) is 17.0 Å². The Kier molecular flexibility index (Phi) is 5.99. The molecule has 0 radical (unpaired) electrons. The lowest BCUT2D eigenvalue weighted by Gasteiger charge is -2.38. The molecular formula is C23H24FN3O4. The summed E-state index contributed by atoms with van der Waals surface area (Å²) in [5.41, 5.74) is 1.95. The van der Waals surface area contributed by atoms with Crippen LogP contribution in [0.5, 0.6) is 0 Å². The second kappa shape index (κ2) is 8.85. The first-order valence-corrected chi connectivity index (χ1v) is 10.3. The van der Waals surface area contributed by atoms with Crippen molar-refractivity contribution in [2.75, 3.05) is 31.8 Å². The molecule has 2 unspecified atom stereocenters. The van der Waals surface area contributed by atoms with E-state index in [9.17, 15) is 14.0 Å². The number of imidazole rings is 1. The predicted octanol–water partition coefficient (Wildman–Crippen LogP) is 3.33. The van der Waals surface area contributed by atoms with E-state index in [2.05, 4.69) is 4.98 Å². The molecular weight excluding hydrogens is 401 g/mol. The Labute approximate surface area is 179 Å². The number of rotatable bonds is 7. The van der Waals surface area contributed by atoms with Gasteiger partial charge in [-0.15, -0.1) is 0 Å². The van der Waals surface area contributed by atoms with Gasteiger partial charge < -0.3 is 14.0 Å². The number of carbonyl (C=O) groups is 2. The van der Waals surface area contributed by atoms with Crippen molar-refractivity contribution in [2.24, 2.45) is 5.92 Å². The minimum Gasteiger partial charge on any atom is -0.465 e. The lowest BCUT2D eigenvalue weighted by atomic mass is 9.89. The highest BCUT2D eigenvalue weighted by Crippen LogP contribution is 2.41. The Bertz CT molecular complexity index is 1110. The summed E-state index contributed by atoms with van der Waals surface area (Å²) < 4.78 is 26.4. The van der Waals surface area contributed by atoms with Crippen LogP contribution in [0.3, 0.4) is 0 Å². The van der Waals surface area contributed by atoms with Crippen LogP contribution >= 0.6 is 0 Å². The van der Waals surface area contributed by atoms with E-state index in [-0.39, 0.29) is 6.61 Å². The maximum absolute atomic E-state index is 14.1. The first-order valence-electron chi connectivity index (χ1n) is 10.3. The Balaban J connectivity index is 1.94. The van der Waals surface area contributed by atoms with Crippen molar-refractivity contribution in [1.29, 1.82) is 0 Å². The SMILES string of the molecule is CCOC(=O)C1C(=O)N(CCCOC)c2nc3ccccc3n2C1c1cccc(F)c1. The normalized spacial score (nSPS) is 18.3. The van der Waals surface area contributed by atoms with E-state index in [4.69, 9.17) is 9.47 Å². The summed E-state index contributed by atoms with van der Waals surface area (Å²) in [4.78, 5) is 32.8. The summed E-state index contributed by atoms with van der Waals surface area (Å²) >= 11 is 0. The highest BCUT2D eigenvalue weighted by atomic mass is 19.1. The highest BCUT2D eigenvalue weighted by molar-refractivity contribution is 6.08. The van der Waals surface area contributed by atoms with Crippen LogP contribution in [0.25, 0.3) is 11.0 Å². The Hall–Kier alpha value is -3.26. The second-order valence-electron chi connectivity index (χ2n) is 7.34. The number of anilines is 1. The van der Waals surface area contributed by atoms with Crippen LogP contribution in [0, 0.1) is 11.7 Å². The summed E-state index contributed by atoms with van der Waals surface area (Å²) in [7, 11) is 1.59. The molecule has 0 saturated carbocycles. The highest BCUT2D eigenvalue weighted by Gasteiger charge is 2.47. The Morgan fingerprint density at radius 1 is 1.19 bits per heavy atom. The van der Waals surface area contributed by atoms with Gasteiger partial charge in [-0.2, -0.15) is 0 Å². The fraction of sp³-hybridized carbons (Fsp3) is 0.348. The number of hydrogen-bond acceptors (Lipinski definition) is 5. The average molecular weight is 425 g/mol. The number of benzene rings is 2. The molecule has 8 heteroatoms. The van der Waals surface area contributed by atoms with Crippen LogP contribution in [0.1, 0.15) is 24.9 Å². The van der Waals surface area contributed by atoms with Crippen LogP contribution in [0.2, 0.25) is 0 Å². The zero-order valence-electron chi connectivity index (χ0n) is 17.5. The number of halogens is 1. The molecule has 2 aromatic carbocycles. The Morgan fingerprint density at radius 2 is 2.00 bits per heavy atom. The third-order valence-electron chi connectivity index (χ3n) is 5.41. The topological polar surface area (TPSA) is 73.7 Å². The second-order valence-corrected chi connectivity index (χ2v) is 7.34. The molecule has 1 aromatic heterocycles. The van der Waals surface area contributed by atoms with E-state index < -0.39 is 29.7 Å². The van der Waals surface area contributed by atoms with Gasteiger partial charge in [-0.1, -0.05) is 24.3 Å².